The van der Waals surface area contributed by atoms with E-state index >= 15 is 0 Å². The lowest BCUT2D eigenvalue weighted by Crippen LogP contribution is -2.18. The number of carbonyl (C=O) groups is 1. The molecular formula is C25H24N2O2. The Morgan fingerprint density at radius 1 is 0.931 bits per heavy atom. The molecule has 0 saturated carbocycles. The molecule has 4 heteroatoms. The second-order valence-electron chi connectivity index (χ2n) is 7.33. The number of carbonyl (C=O) groups excluding carboxylic acids is 1. The van der Waals surface area contributed by atoms with Crippen molar-refractivity contribution in [1.29, 1.82) is 0 Å². The van der Waals surface area contributed by atoms with Crippen LogP contribution >= 0.6 is 0 Å². The summed E-state index contributed by atoms with van der Waals surface area (Å²) in [6, 6.07) is 24.1. The number of rotatable bonds is 6. The van der Waals surface area contributed by atoms with Crippen molar-refractivity contribution >= 4 is 22.5 Å². The van der Waals surface area contributed by atoms with Crippen molar-refractivity contribution in [2.24, 2.45) is 0 Å². The first kappa shape index (κ1) is 18.8. The van der Waals surface area contributed by atoms with Gasteiger partial charge in [-0.3, -0.25) is 4.79 Å². The van der Waals surface area contributed by atoms with Gasteiger partial charge in [0.25, 0.3) is 0 Å². The number of hydrogen-bond acceptors (Lipinski definition) is 2. The minimum Gasteiger partial charge on any atom is -0.488 e. The first-order valence-electron chi connectivity index (χ1n) is 9.71. The van der Waals surface area contributed by atoms with Gasteiger partial charge in [-0.25, -0.2) is 0 Å². The molecule has 0 aliphatic heterocycles. The van der Waals surface area contributed by atoms with Crippen molar-refractivity contribution in [2.75, 3.05) is 5.32 Å². The van der Waals surface area contributed by atoms with Crippen molar-refractivity contribution in [3.05, 3.63) is 95.7 Å². The highest BCUT2D eigenvalue weighted by molar-refractivity contribution is 5.93. The summed E-state index contributed by atoms with van der Waals surface area (Å²) in [5, 5.41) is 4.00. The topological polar surface area (TPSA) is 43.3 Å². The maximum Gasteiger partial charge on any atom is 0.244 e. The van der Waals surface area contributed by atoms with E-state index in [0.29, 0.717) is 6.61 Å². The van der Waals surface area contributed by atoms with Gasteiger partial charge >= 0.3 is 0 Å². The summed E-state index contributed by atoms with van der Waals surface area (Å²) in [7, 11) is 0. The van der Waals surface area contributed by atoms with Crippen molar-refractivity contribution in [3.8, 4) is 5.75 Å². The van der Waals surface area contributed by atoms with E-state index in [-0.39, 0.29) is 12.5 Å². The first-order valence-corrected chi connectivity index (χ1v) is 9.71. The fourth-order valence-corrected chi connectivity index (χ4v) is 3.60. The maximum atomic E-state index is 12.6. The molecule has 0 atom stereocenters. The Balaban J connectivity index is 1.49. The lowest BCUT2D eigenvalue weighted by Gasteiger charge is -2.10. The zero-order valence-electron chi connectivity index (χ0n) is 16.7. The number of anilines is 1. The summed E-state index contributed by atoms with van der Waals surface area (Å²) in [6.07, 6.45) is 1.93. The van der Waals surface area contributed by atoms with Crippen LogP contribution in [0.5, 0.6) is 5.75 Å². The van der Waals surface area contributed by atoms with Crippen molar-refractivity contribution in [2.45, 2.75) is 27.0 Å². The van der Waals surface area contributed by atoms with Gasteiger partial charge in [-0.05, 0) is 60.9 Å². The lowest BCUT2D eigenvalue weighted by atomic mass is 10.1. The third kappa shape index (κ3) is 4.49. The van der Waals surface area contributed by atoms with E-state index < -0.39 is 0 Å². The molecule has 0 spiro atoms. The van der Waals surface area contributed by atoms with E-state index in [4.69, 9.17) is 4.74 Å². The molecule has 1 amide bonds. The molecule has 1 aromatic heterocycles. The predicted molar refractivity (Wildman–Crippen MR) is 117 cm³/mol. The van der Waals surface area contributed by atoms with Crippen LogP contribution in [-0.2, 0) is 17.9 Å². The normalized spacial score (nSPS) is 10.8. The first-order chi connectivity index (χ1) is 14.1. The maximum absolute atomic E-state index is 12.6. The molecule has 3 aromatic carbocycles. The Morgan fingerprint density at radius 2 is 1.69 bits per heavy atom. The molecule has 0 fully saturated rings. The number of aryl methyl sites for hydroxylation is 2. The number of nitrogens with zero attached hydrogens (tertiary/aromatic N) is 1. The van der Waals surface area contributed by atoms with Crippen LogP contribution in [0.1, 0.15) is 16.7 Å². The highest BCUT2D eigenvalue weighted by atomic mass is 16.5. The van der Waals surface area contributed by atoms with E-state index in [1.54, 1.807) is 0 Å². The van der Waals surface area contributed by atoms with Crippen molar-refractivity contribution in [1.82, 2.24) is 4.57 Å². The van der Waals surface area contributed by atoms with Crippen LogP contribution in [0.3, 0.4) is 0 Å². The van der Waals surface area contributed by atoms with E-state index in [1.165, 1.54) is 0 Å². The average molecular weight is 384 g/mol. The van der Waals surface area contributed by atoms with E-state index in [2.05, 4.69) is 11.4 Å². The molecule has 4 nitrogen and oxygen atoms in total. The zero-order chi connectivity index (χ0) is 20.2. The minimum atomic E-state index is -0.0527. The summed E-state index contributed by atoms with van der Waals surface area (Å²) < 4.78 is 7.98. The van der Waals surface area contributed by atoms with Crippen molar-refractivity contribution < 1.29 is 9.53 Å². The Kier molecular flexibility index (Phi) is 5.34. The molecule has 0 radical (unpaired) electrons. The number of benzene rings is 3. The molecule has 0 aliphatic carbocycles. The molecule has 4 rings (SSSR count). The molecular weight excluding hydrogens is 360 g/mol. The molecule has 0 unspecified atom stereocenters. The second-order valence-corrected chi connectivity index (χ2v) is 7.33. The Hall–Kier alpha value is -3.53. The van der Waals surface area contributed by atoms with Gasteiger partial charge in [-0.15, -0.1) is 0 Å². The summed E-state index contributed by atoms with van der Waals surface area (Å²) in [6.45, 7) is 4.81. The van der Waals surface area contributed by atoms with Gasteiger partial charge < -0.3 is 14.6 Å². The van der Waals surface area contributed by atoms with Crippen LogP contribution in [0, 0.1) is 13.8 Å². The largest absolute Gasteiger partial charge is 0.488 e. The summed E-state index contributed by atoms with van der Waals surface area (Å²) in [5.74, 6) is 0.767. The summed E-state index contributed by atoms with van der Waals surface area (Å²) in [5.41, 5.74) is 5.19. The molecule has 4 aromatic rings. The van der Waals surface area contributed by atoms with Crippen LogP contribution in [-0.4, -0.2) is 10.5 Å². The van der Waals surface area contributed by atoms with E-state index in [9.17, 15) is 4.79 Å². The number of ether oxygens (including phenoxy) is 1. The monoisotopic (exact) mass is 384 g/mol. The molecule has 29 heavy (non-hydrogen) atoms. The smallest absolute Gasteiger partial charge is 0.244 e. The second kappa shape index (κ2) is 8.23. The minimum absolute atomic E-state index is 0.0527. The number of aromatic nitrogens is 1. The zero-order valence-corrected chi connectivity index (χ0v) is 16.7. The van der Waals surface area contributed by atoms with Crippen LogP contribution in [0.2, 0.25) is 0 Å². The quantitative estimate of drug-likeness (QED) is 0.479. The Morgan fingerprint density at radius 3 is 2.45 bits per heavy atom. The highest BCUT2D eigenvalue weighted by Crippen LogP contribution is 2.27. The average Bonchev–Trinajstić information content (AvgIpc) is 3.09. The van der Waals surface area contributed by atoms with Crippen molar-refractivity contribution in [3.63, 3.8) is 0 Å². The number of fused-ring (bicyclic) bond motifs is 1. The molecule has 0 bridgehead atoms. The van der Waals surface area contributed by atoms with Crippen LogP contribution in [0.25, 0.3) is 10.9 Å². The van der Waals surface area contributed by atoms with E-state index in [0.717, 1.165) is 39.0 Å². The van der Waals surface area contributed by atoms with Gasteiger partial charge in [0, 0.05) is 17.3 Å². The molecule has 1 heterocycles. The van der Waals surface area contributed by atoms with E-state index in [1.807, 2.05) is 91.3 Å². The standard InChI is InChI=1S/C25H24N2O2/c1-18-13-19(2)15-21(14-18)26-25(28)16-27-12-11-22-23(27)9-6-10-24(22)29-17-20-7-4-3-5-8-20/h3-15H,16-17H2,1-2H3,(H,26,28). The van der Waals surface area contributed by atoms with Gasteiger partial charge in [0.15, 0.2) is 0 Å². The molecule has 146 valence electrons. The van der Waals surface area contributed by atoms with Gasteiger partial charge in [-0.2, -0.15) is 0 Å². The fourth-order valence-electron chi connectivity index (χ4n) is 3.60. The van der Waals surface area contributed by atoms with Crippen LogP contribution in [0.15, 0.2) is 79.0 Å². The Labute approximate surface area is 170 Å². The fraction of sp³-hybridized carbons (Fsp3) is 0.160. The number of nitrogens with one attached hydrogen (secondary N) is 1. The highest BCUT2D eigenvalue weighted by Gasteiger charge is 2.10. The predicted octanol–water partition coefficient (Wildman–Crippen LogP) is 5.48. The van der Waals surface area contributed by atoms with Gasteiger partial charge in [0.05, 0.1) is 5.52 Å². The Bertz CT molecular complexity index is 1130. The van der Waals surface area contributed by atoms with Crippen LogP contribution in [0.4, 0.5) is 5.69 Å². The number of amides is 1. The van der Waals surface area contributed by atoms with Gasteiger partial charge in [0.1, 0.15) is 18.9 Å². The number of hydrogen-bond donors (Lipinski definition) is 1. The third-order valence-electron chi connectivity index (χ3n) is 4.83. The molecule has 0 aliphatic rings. The SMILES string of the molecule is Cc1cc(C)cc(NC(=O)Cn2ccc3c(OCc4ccccc4)cccc32)c1. The van der Waals surface area contributed by atoms with Gasteiger partial charge in [0.2, 0.25) is 5.91 Å². The van der Waals surface area contributed by atoms with Gasteiger partial charge in [-0.1, -0.05) is 42.5 Å². The molecule has 0 saturated heterocycles. The lowest BCUT2D eigenvalue weighted by molar-refractivity contribution is -0.116. The third-order valence-corrected chi connectivity index (χ3v) is 4.83. The van der Waals surface area contributed by atoms with Crippen LogP contribution < -0.4 is 10.1 Å². The summed E-state index contributed by atoms with van der Waals surface area (Å²) >= 11 is 0. The molecule has 1 N–H and O–H groups in total. The summed E-state index contributed by atoms with van der Waals surface area (Å²) in [4.78, 5) is 12.6.